The van der Waals surface area contributed by atoms with Crippen molar-refractivity contribution in [2.45, 2.75) is 45.4 Å². The van der Waals surface area contributed by atoms with Gasteiger partial charge in [0.05, 0.1) is 5.38 Å². The van der Waals surface area contributed by atoms with Crippen LogP contribution < -0.4 is 0 Å². The summed E-state index contributed by atoms with van der Waals surface area (Å²) in [5, 5.41) is 0.216. The normalized spacial score (nSPS) is 27.3. The van der Waals surface area contributed by atoms with Crippen LogP contribution in [-0.4, -0.2) is 19.1 Å². The van der Waals surface area contributed by atoms with Gasteiger partial charge in [-0.3, -0.25) is 0 Å². The molecule has 0 bridgehead atoms. The van der Waals surface area contributed by atoms with E-state index in [4.69, 9.17) is 16.3 Å². The van der Waals surface area contributed by atoms with E-state index in [1.165, 1.54) is 12.0 Å². The van der Waals surface area contributed by atoms with E-state index in [0.717, 1.165) is 19.4 Å². The maximum absolute atomic E-state index is 6.27. The van der Waals surface area contributed by atoms with E-state index in [1.807, 2.05) is 0 Å². The molecular weight excluding hydrogens is 208 g/mol. The molecule has 88 valence electrons. The molecule has 0 aromatic rings. The molecule has 0 saturated heterocycles. The highest BCUT2D eigenvalue weighted by Crippen LogP contribution is 2.40. The Hall–Kier alpha value is -0.0100. The van der Waals surface area contributed by atoms with Gasteiger partial charge in [0.2, 0.25) is 0 Å². The van der Waals surface area contributed by atoms with Crippen LogP contribution in [-0.2, 0) is 4.74 Å². The molecule has 0 radical (unpaired) electrons. The van der Waals surface area contributed by atoms with Gasteiger partial charge in [0.1, 0.15) is 0 Å². The molecule has 0 amide bonds. The lowest BCUT2D eigenvalue weighted by atomic mass is 9.74. The van der Waals surface area contributed by atoms with Gasteiger partial charge in [0.15, 0.2) is 0 Å². The number of allylic oxidation sites excluding steroid dienone is 2. The van der Waals surface area contributed by atoms with Gasteiger partial charge in [-0.05, 0) is 30.6 Å². The monoisotopic (exact) mass is 230 g/mol. The molecule has 0 aromatic carbocycles. The molecule has 0 aromatic heterocycles. The molecule has 1 nitrogen and oxygen atoms in total. The van der Waals surface area contributed by atoms with Crippen molar-refractivity contribution >= 4 is 11.6 Å². The molecular formula is C13H23ClO. The van der Waals surface area contributed by atoms with E-state index in [2.05, 4.69) is 26.8 Å². The summed E-state index contributed by atoms with van der Waals surface area (Å²) in [6.45, 7) is 7.72. The van der Waals surface area contributed by atoms with Crippen LogP contribution in [0.5, 0.6) is 0 Å². The SMILES string of the molecule is COCCC(C)C1=CC(Cl)CC(C)(C)C1. The van der Waals surface area contributed by atoms with Crippen molar-refractivity contribution in [3.63, 3.8) is 0 Å². The molecule has 1 rings (SSSR count). The maximum Gasteiger partial charge on any atom is 0.0523 e. The fourth-order valence-electron chi connectivity index (χ4n) is 2.32. The Morgan fingerprint density at radius 3 is 2.80 bits per heavy atom. The number of hydrogen-bond acceptors (Lipinski definition) is 1. The van der Waals surface area contributed by atoms with Gasteiger partial charge in [-0.1, -0.05) is 32.4 Å². The zero-order valence-electron chi connectivity index (χ0n) is 10.3. The molecule has 1 aliphatic carbocycles. The zero-order valence-corrected chi connectivity index (χ0v) is 11.1. The van der Waals surface area contributed by atoms with Crippen molar-refractivity contribution < 1.29 is 4.74 Å². The molecule has 2 heteroatoms. The summed E-state index contributed by atoms with van der Waals surface area (Å²) < 4.78 is 5.12. The second-order valence-electron chi connectivity index (χ2n) is 5.49. The molecule has 0 saturated carbocycles. The van der Waals surface area contributed by atoms with Crippen LogP contribution in [0.4, 0.5) is 0 Å². The number of hydrogen-bond donors (Lipinski definition) is 0. The first kappa shape index (κ1) is 13.1. The predicted octanol–water partition coefficient (Wildman–Crippen LogP) is 4.01. The van der Waals surface area contributed by atoms with Crippen molar-refractivity contribution in [3.8, 4) is 0 Å². The molecule has 0 heterocycles. The first-order valence-corrected chi connectivity index (χ1v) is 6.22. The Bertz CT molecular complexity index is 233. The number of rotatable bonds is 4. The van der Waals surface area contributed by atoms with Crippen LogP contribution in [0.1, 0.15) is 40.0 Å². The van der Waals surface area contributed by atoms with E-state index in [0.29, 0.717) is 11.3 Å². The Balaban J connectivity index is 2.60. The molecule has 2 atom stereocenters. The molecule has 0 fully saturated rings. The van der Waals surface area contributed by atoms with Crippen LogP contribution in [0, 0.1) is 11.3 Å². The van der Waals surface area contributed by atoms with Crippen LogP contribution in [0.2, 0.25) is 0 Å². The van der Waals surface area contributed by atoms with Crippen LogP contribution in [0.25, 0.3) is 0 Å². The minimum atomic E-state index is 0.216. The Morgan fingerprint density at radius 1 is 1.60 bits per heavy atom. The van der Waals surface area contributed by atoms with Crippen molar-refractivity contribution in [3.05, 3.63) is 11.6 Å². The fraction of sp³-hybridized carbons (Fsp3) is 0.846. The topological polar surface area (TPSA) is 9.23 Å². The summed E-state index contributed by atoms with van der Waals surface area (Å²) in [4.78, 5) is 0. The first-order valence-electron chi connectivity index (χ1n) is 5.78. The molecule has 0 spiro atoms. The van der Waals surface area contributed by atoms with Gasteiger partial charge in [-0.15, -0.1) is 11.6 Å². The highest BCUT2D eigenvalue weighted by Gasteiger charge is 2.29. The lowest BCUT2D eigenvalue weighted by Gasteiger charge is -2.34. The summed E-state index contributed by atoms with van der Waals surface area (Å²) in [5.74, 6) is 0.603. The summed E-state index contributed by atoms with van der Waals surface area (Å²) in [6, 6.07) is 0. The third kappa shape index (κ3) is 4.16. The van der Waals surface area contributed by atoms with Crippen molar-refractivity contribution in [2.24, 2.45) is 11.3 Å². The summed E-state index contributed by atoms with van der Waals surface area (Å²) in [5.41, 5.74) is 1.88. The molecule has 0 aliphatic heterocycles. The Labute approximate surface area is 98.8 Å². The van der Waals surface area contributed by atoms with Gasteiger partial charge >= 0.3 is 0 Å². The van der Waals surface area contributed by atoms with Crippen LogP contribution in [0.15, 0.2) is 11.6 Å². The van der Waals surface area contributed by atoms with Gasteiger partial charge in [-0.25, -0.2) is 0 Å². The fourth-order valence-corrected chi connectivity index (χ4v) is 2.90. The number of ether oxygens (including phenoxy) is 1. The van der Waals surface area contributed by atoms with Crippen molar-refractivity contribution in [2.75, 3.05) is 13.7 Å². The Morgan fingerprint density at radius 2 is 2.27 bits per heavy atom. The average Bonchev–Trinajstić information content (AvgIpc) is 2.10. The van der Waals surface area contributed by atoms with Gasteiger partial charge in [-0.2, -0.15) is 0 Å². The average molecular weight is 231 g/mol. The summed E-state index contributed by atoms with van der Waals surface area (Å²) in [6.07, 6.45) is 5.63. The molecule has 2 unspecified atom stereocenters. The standard InChI is InChI=1S/C13H23ClO/c1-10(5-6-15-4)11-7-12(14)9-13(2,3)8-11/h7,10,12H,5-6,8-9H2,1-4H3. The minimum Gasteiger partial charge on any atom is -0.385 e. The van der Waals surface area contributed by atoms with Crippen molar-refractivity contribution in [1.29, 1.82) is 0 Å². The highest BCUT2D eigenvalue weighted by molar-refractivity contribution is 6.21. The number of methoxy groups -OCH3 is 1. The second kappa shape index (κ2) is 5.36. The van der Waals surface area contributed by atoms with E-state index < -0.39 is 0 Å². The lowest BCUT2D eigenvalue weighted by molar-refractivity contribution is 0.182. The largest absolute Gasteiger partial charge is 0.385 e. The van der Waals surface area contributed by atoms with Crippen LogP contribution >= 0.6 is 11.6 Å². The number of halogens is 1. The summed E-state index contributed by atoms with van der Waals surface area (Å²) in [7, 11) is 1.76. The molecule has 1 aliphatic rings. The first-order chi connectivity index (χ1) is 6.94. The summed E-state index contributed by atoms with van der Waals surface area (Å²) >= 11 is 6.27. The maximum atomic E-state index is 6.27. The lowest BCUT2D eigenvalue weighted by Crippen LogP contribution is -2.24. The van der Waals surface area contributed by atoms with Gasteiger partial charge in [0.25, 0.3) is 0 Å². The predicted molar refractivity (Wildman–Crippen MR) is 66.4 cm³/mol. The van der Waals surface area contributed by atoms with Crippen molar-refractivity contribution in [1.82, 2.24) is 0 Å². The quantitative estimate of drug-likeness (QED) is 0.524. The number of alkyl halides is 1. The van der Waals surface area contributed by atoms with E-state index in [9.17, 15) is 0 Å². The molecule has 0 N–H and O–H groups in total. The highest BCUT2D eigenvalue weighted by atomic mass is 35.5. The van der Waals surface area contributed by atoms with Gasteiger partial charge in [0, 0.05) is 13.7 Å². The van der Waals surface area contributed by atoms with E-state index >= 15 is 0 Å². The zero-order chi connectivity index (χ0) is 11.5. The van der Waals surface area contributed by atoms with E-state index in [-0.39, 0.29) is 5.38 Å². The second-order valence-corrected chi connectivity index (χ2v) is 6.05. The van der Waals surface area contributed by atoms with Crippen LogP contribution in [0.3, 0.4) is 0 Å². The van der Waals surface area contributed by atoms with E-state index in [1.54, 1.807) is 7.11 Å². The third-order valence-electron chi connectivity index (χ3n) is 3.21. The van der Waals surface area contributed by atoms with Gasteiger partial charge < -0.3 is 4.74 Å². The minimum absolute atomic E-state index is 0.216. The smallest absolute Gasteiger partial charge is 0.0523 e. The molecule has 15 heavy (non-hydrogen) atoms. The third-order valence-corrected chi connectivity index (χ3v) is 3.49. The Kier molecular flexibility index (Phi) is 4.66.